The highest BCUT2D eigenvalue weighted by atomic mass is 19.4. The number of amides is 1. The molecule has 0 bridgehead atoms. The van der Waals surface area contributed by atoms with E-state index in [1.54, 1.807) is 0 Å². The highest BCUT2D eigenvalue weighted by Crippen LogP contribution is 2.38. The smallest absolute Gasteiger partial charge is 0.405 e. The Morgan fingerprint density at radius 1 is 1.31 bits per heavy atom. The molecule has 2 rings (SSSR count). The van der Waals surface area contributed by atoms with E-state index in [0.29, 0.717) is 0 Å². The SMILES string of the molecule is O=C(COC(=O)/C=C/c1cc2c(cc1[N+](=O)[O-])OCO2)NCC(F)(F)F. The zero-order valence-corrected chi connectivity index (χ0v) is 12.9. The van der Waals surface area contributed by atoms with E-state index in [0.717, 1.165) is 18.2 Å². The molecule has 1 aliphatic heterocycles. The van der Waals surface area contributed by atoms with Crippen molar-refractivity contribution in [1.82, 2.24) is 5.32 Å². The van der Waals surface area contributed by atoms with Gasteiger partial charge in [0.05, 0.1) is 16.6 Å². The Labute approximate surface area is 143 Å². The lowest BCUT2D eigenvalue weighted by atomic mass is 10.1. The van der Waals surface area contributed by atoms with E-state index in [1.807, 2.05) is 0 Å². The molecule has 1 aromatic carbocycles. The summed E-state index contributed by atoms with van der Waals surface area (Å²) >= 11 is 0. The van der Waals surface area contributed by atoms with Gasteiger partial charge in [0.25, 0.3) is 11.6 Å². The molecular weight excluding hydrogens is 365 g/mol. The van der Waals surface area contributed by atoms with Crippen LogP contribution in [0.15, 0.2) is 18.2 Å². The van der Waals surface area contributed by atoms with E-state index in [9.17, 15) is 32.9 Å². The molecule has 1 aliphatic rings. The van der Waals surface area contributed by atoms with Crippen molar-refractivity contribution in [2.24, 2.45) is 0 Å². The first-order valence-corrected chi connectivity index (χ1v) is 6.92. The third-order valence-corrected chi connectivity index (χ3v) is 2.95. The van der Waals surface area contributed by atoms with Crippen molar-refractivity contribution in [3.8, 4) is 11.5 Å². The molecule has 1 N–H and O–H groups in total. The minimum atomic E-state index is -4.59. The van der Waals surface area contributed by atoms with Gasteiger partial charge in [-0.1, -0.05) is 0 Å². The van der Waals surface area contributed by atoms with Gasteiger partial charge in [0.15, 0.2) is 18.1 Å². The van der Waals surface area contributed by atoms with Crippen LogP contribution in [-0.4, -0.2) is 42.9 Å². The van der Waals surface area contributed by atoms with Crippen LogP contribution in [0.5, 0.6) is 11.5 Å². The van der Waals surface area contributed by atoms with E-state index >= 15 is 0 Å². The number of nitrogens with one attached hydrogen (secondary N) is 1. The van der Waals surface area contributed by atoms with E-state index in [-0.39, 0.29) is 29.5 Å². The molecule has 140 valence electrons. The van der Waals surface area contributed by atoms with Crippen LogP contribution in [0, 0.1) is 10.1 Å². The molecule has 0 radical (unpaired) electrons. The Morgan fingerprint density at radius 2 is 1.96 bits per heavy atom. The van der Waals surface area contributed by atoms with Gasteiger partial charge in [-0.05, 0) is 12.1 Å². The molecular formula is C14H11F3N2O7. The van der Waals surface area contributed by atoms with E-state index < -0.39 is 36.1 Å². The molecule has 1 heterocycles. The number of nitro benzene ring substituents is 1. The highest BCUT2D eigenvalue weighted by Gasteiger charge is 2.27. The Bertz CT molecular complexity index is 762. The Kier molecular flexibility index (Phi) is 5.64. The van der Waals surface area contributed by atoms with Crippen molar-refractivity contribution < 1.29 is 41.9 Å². The first kappa shape index (κ1) is 19.0. The maximum atomic E-state index is 11.9. The number of nitro groups is 1. The quantitative estimate of drug-likeness (QED) is 0.346. The minimum Gasteiger partial charge on any atom is -0.454 e. The first-order chi connectivity index (χ1) is 12.2. The fourth-order valence-electron chi connectivity index (χ4n) is 1.83. The summed E-state index contributed by atoms with van der Waals surface area (Å²) in [5.41, 5.74) is -0.348. The molecule has 1 amide bonds. The predicted octanol–water partition coefficient (Wildman–Crippen LogP) is 1.56. The number of rotatable bonds is 6. The highest BCUT2D eigenvalue weighted by molar-refractivity contribution is 5.90. The fraction of sp³-hybridized carbons (Fsp3) is 0.286. The molecule has 0 aliphatic carbocycles. The Balaban J connectivity index is 1.96. The van der Waals surface area contributed by atoms with Crippen molar-refractivity contribution in [3.05, 3.63) is 33.9 Å². The van der Waals surface area contributed by atoms with Gasteiger partial charge < -0.3 is 19.5 Å². The van der Waals surface area contributed by atoms with Gasteiger partial charge in [0, 0.05) is 6.08 Å². The van der Waals surface area contributed by atoms with E-state index in [1.165, 1.54) is 11.4 Å². The second kappa shape index (κ2) is 7.72. The molecule has 0 aromatic heterocycles. The number of carbonyl (C=O) groups excluding carboxylic acids is 2. The maximum Gasteiger partial charge on any atom is 0.405 e. The summed E-state index contributed by atoms with van der Waals surface area (Å²) < 4.78 is 50.3. The number of carbonyl (C=O) groups is 2. The number of nitrogens with zero attached hydrogens (tertiary/aromatic N) is 1. The molecule has 26 heavy (non-hydrogen) atoms. The predicted molar refractivity (Wildman–Crippen MR) is 78.3 cm³/mol. The molecule has 0 unspecified atom stereocenters. The van der Waals surface area contributed by atoms with Crippen molar-refractivity contribution in [2.75, 3.05) is 19.9 Å². The zero-order chi connectivity index (χ0) is 19.3. The molecule has 0 saturated carbocycles. The van der Waals surface area contributed by atoms with Gasteiger partial charge in [-0.3, -0.25) is 14.9 Å². The van der Waals surface area contributed by atoms with E-state index in [2.05, 4.69) is 4.74 Å². The number of hydrogen-bond acceptors (Lipinski definition) is 7. The molecule has 0 spiro atoms. The van der Waals surface area contributed by atoms with Crippen LogP contribution in [0.25, 0.3) is 6.08 Å². The summed E-state index contributed by atoms with van der Waals surface area (Å²) in [4.78, 5) is 33.0. The third-order valence-electron chi connectivity index (χ3n) is 2.95. The lowest BCUT2D eigenvalue weighted by Gasteiger charge is -2.07. The number of hydrogen-bond donors (Lipinski definition) is 1. The molecule has 0 saturated heterocycles. The van der Waals surface area contributed by atoms with Crippen molar-refractivity contribution >= 4 is 23.6 Å². The number of fused-ring (bicyclic) bond motifs is 1. The maximum absolute atomic E-state index is 11.9. The van der Waals surface area contributed by atoms with Crippen LogP contribution in [-0.2, 0) is 14.3 Å². The topological polar surface area (TPSA) is 117 Å². The van der Waals surface area contributed by atoms with E-state index in [4.69, 9.17) is 9.47 Å². The average Bonchev–Trinajstić information content (AvgIpc) is 3.01. The van der Waals surface area contributed by atoms with Crippen LogP contribution >= 0.6 is 0 Å². The van der Waals surface area contributed by atoms with Crippen LogP contribution in [0.4, 0.5) is 18.9 Å². The number of benzene rings is 1. The van der Waals surface area contributed by atoms with Gasteiger partial charge in [-0.2, -0.15) is 13.2 Å². The minimum absolute atomic E-state index is 0.0118. The van der Waals surface area contributed by atoms with Gasteiger partial charge in [0.2, 0.25) is 6.79 Å². The monoisotopic (exact) mass is 376 g/mol. The average molecular weight is 376 g/mol. The van der Waals surface area contributed by atoms with Crippen molar-refractivity contribution in [2.45, 2.75) is 6.18 Å². The molecule has 9 nitrogen and oxygen atoms in total. The van der Waals surface area contributed by atoms with Crippen molar-refractivity contribution in [3.63, 3.8) is 0 Å². The fourth-order valence-corrected chi connectivity index (χ4v) is 1.83. The van der Waals surface area contributed by atoms with Gasteiger partial charge >= 0.3 is 12.1 Å². The lowest BCUT2D eigenvalue weighted by molar-refractivity contribution is -0.385. The Hall–Kier alpha value is -3.31. The largest absolute Gasteiger partial charge is 0.454 e. The first-order valence-electron chi connectivity index (χ1n) is 6.92. The van der Waals surface area contributed by atoms with Gasteiger partial charge in [-0.25, -0.2) is 4.79 Å². The Morgan fingerprint density at radius 3 is 2.58 bits per heavy atom. The standard InChI is InChI=1S/C14H11F3N2O7/c15-14(16,17)6-18-12(20)5-24-13(21)2-1-8-3-10-11(26-7-25-10)4-9(8)19(22)23/h1-4H,5-7H2,(H,18,20)/b2-1+. The van der Waals surface area contributed by atoms with Crippen LogP contribution in [0.2, 0.25) is 0 Å². The van der Waals surface area contributed by atoms with Crippen molar-refractivity contribution in [1.29, 1.82) is 0 Å². The summed E-state index contributed by atoms with van der Waals surface area (Å²) in [5.74, 6) is -1.79. The second-order valence-electron chi connectivity index (χ2n) is 4.85. The summed E-state index contributed by atoms with van der Waals surface area (Å²) in [7, 11) is 0. The van der Waals surface area contributed by atoms with Gasteiger partial charge in [0.1, 0.15) is 6.54 Å². The molecule has 12 heteroatoms. The normalized spacial score (nSPS) is 12.9. The summed E-state index contributed by atoms with van der Waals surface area (Å²) in [6.07, 6.45) is -2.74. The second-order valence-corrected chi connectivity index (χ2v) is 4.85. The van der Waals surface area contributed by atoms with Crippen LogP contribution < -0.4 is 14.8 Å². The number of esters is 1. The molecule has 0 fully saturated rings. The van der Waals surface area contributed by atoms with Crippen LogP contribution in [0.3, 0.4) is 0 Å². The molecule has 1 aromatic rings. The van der Waals surface area contributed by atoms with Crippen LogP contribution in [0.1, 0.15) is 5.56 Å². The zero-order valence-electron chi connectivity index (χ0n) is 12.9. The number of ether oxygens (including phenoxy) is 3. The lowest BCUT2D eigenvalue weighted by Crippen LogP contribution is -2.36. The van der Waals surface area contributed by atoms with Gasteiger partial charge in [-0.15, -0.1) is 0 Å². The summed E-state index contributed by atoms with van der Waals surface area (Å²) in [6, 6.07) is 2.40. The number of halogens is 3. The third kappa shape index (κ3) is 5.36. The summed E-state index contributed by atoms with van der Waals surface area (Å²) in [5, 5.41) is 12.6. The summed E-state index contributed by atoms with van der Waals surface area (Å²) in [6.45, 7) is -2.58. The number of alkyl halides is 3. The molecule has 0 atom stereocenters.